The van der Waals surface area contributed by atoms with E-state index in [0.29, 0.717) is 18.8 Å². The highest BCUT2D eigenvalue weighted by molar-refractivity contribution is 6.31. The van der Waals surface area contributed by atoms with Gasteiger partial charge in [0.15, 0.2) is 0 Å². The van der Waals surface area contributed by atoms with Crippen LogP contribution in [0.1, 0.15) is 36.8 Å². The SMILES string of the molecule is Cc1ccc(COC2CCCC(N)C2)c(Cl)c1. The molecule has 2 N–H and O–H groups in total. The van der Waals surface area contributed by atoms with Crippen molar-refractivity contribution in [3.8, 4) is 0 Å². The fraction of sp³-hybridized carbons (Fsp3) is 0.571. The van der Waals surface area contributed by atoms with Gasteiger partial charge in [-0.05, 0) is 49.8 Å². The topological polar surface area (TPSA) is 35.2 Å². The second-order valence-electron chi connectivity index (χ2n) is 4.95. The maximum atomic E-state index is 6.17. The van der Waals surface area contributed by atoms with Crippen molar-refractivity contribution < 1.29 is 4.74 Å². The molecule has 2 nitrogen and oxygen atoms in total. The van der Waals surface area contributed by atoms with E-state index in [2.05, 4.69) is 6.07 Å². The monoisotopic (exact) mass is 253 g/mol. The van der Waals surface area contributed by atoms with E-state index in [1.807, 2.05) is 19.1 Å². The zero-order valence-electron chi connectivity index (χ0n) is 10.3. The molecule has 1 aromatic carbocycles. The predicted molar refractivity (Wildman–Crippen MR) is 71.2 cm³/mol. The normalized spacial score (nSPS) is 24.9. The van der Waals surface area contributed by atoms with Crippen LogP contribution in [-0.2, 0) is 11.3 Å². The Kier molecular flexibility index (Phi) is 4.43. The van der Waals surface area contributed by atoms with Crippen LogP contribution in [0.3, 0.4) is 0 Å². The van der Waals surface area contributed by atoms with Gasteiger partial charge in [-0.1, -0.05) is 23.7 Å². The maximum Gasteiger partial charge on any atom is 0.0735 e. The Morgan fingerprint density at radius 2 is 2.24 bits per heavy atom. The van der Waals surface area contributed by atoms with Gasteiger partial charge in [0.25, 0.3) is 0 Å². The second kappa shape index (κ2) is 5.85. The summed E-state index contributed by atoms with van der Waals surface area (Å²) in [4.78, 5) is 0. The van der Waals surface area contributed by atoms with E-state index >= 15 is 0 Å². The smallest absolute Gasteiger partial charge is 0.0735 e. The summed E-state index contributed by atoms with van der Waals surface area (Å²) < 4.78 is 5.90. The fourth-order valence-electron chi connectivity index (χ4n) is 2.31. The van der Waals surface area contributed by atoms with Gasteiger partial charge in [-0.3, -0.25) is 0 Å². The Morgan fingerprint density at radius 1 is 1.41 bits per heavy atom. The fourth-order valence-corrected chi connectivity index (χ4v) is 2.60. The number of hydrogen-bond donors (Lipinski definition) is 1. The van der Waals surface area contributed by atoms with Gasteiger partial charge in [-0.15, -0.1) is 0 Å². The molecule has 1 fully saturated rings. The van der Waals surface area contributed by atoms with Crippen molar-refractivity contribution in [2.75, 3.05) is 0 Å². The largest absolute Gasteiger partial charge is 0.373 e. The van der Waals surface area contributed by atoms with Gasteiger partial charge in [-0.2, -0.15) is 0 Å². The first kappa shape index (κ1) is 12.9. The average Bonchev–Trinajstić information content (AvgIpc) is 2.28. The summed E-state index contributed by atoms with van der Waals surface area (Å²) in [6, 6.07) is 6.40. The van der Waals surface area contributed by atoms with Crippen LogP contribution in [0.4, 0.5) is 0 Å². The Hall–Kier alpha value is -0.570. The van der Waals surface area contributed by atoms with E-state index in [0.717, 1.165) is 29.8 Å². The molecule has 0 heterocycles. The molecule has 0 aromatic heterocycles. The molecule has 0 bridgehead atoms. The molecule has 1 aromatic rings. The molecule has 17 heavy (non-hydrogen) atoms. The van der Waals surface area contributed by atoms with Crippen LogP contribution in [0, 0.1) is 6.92 Å². The molecule has 1 aliphatic rings. The third-order valence-electron chi connectivity index (χ3n) is 3.35. The molecule has 0 spiro atoms. The van der Waals surface area contributed by atoms with Crippen LogP contribution in [0.2, 0.25) is 5.02 Å². The van der Waals surface area contributed by atoms with Crippen molar-refractivity contribution in [1.82, 2.24) is 0 Å². The van der Waals surface area contributed by atoms with Gasteiger partial charge in [0.2, 0.25) is 0 Å². The molecule has 1 aliphatic carbocycles. The van der Waals surface area contributed by atoms with E-state index < -0.39 is 0 Å². The van der Waals surface area contributed by atoms with Crippen LogP contribution >= 0.6 is 11.6 Å². The number of benzene rings is 1. The van der Waals surface area contributed by atoms with Crippen LogP contribution in [0.15, 0.2) is 18.2 Å². The Morgan fingerprint density at radius 3 is 2.94 bits per heavy atom. The van der Waals surface area contributed by atoms with E-state index in [4.69, 9.17) is 22.1 Å². The van der Waals surface area contributed by atoms with E-state index in [1.165, 1.54) is 12.0 Å². The zero-order chi connectivity index (χ0) is 12.3. The highest BCUT2D eigenvalue weighted by Crippen LogP contribution is 2.23. The standard InChI is InChI=1S/C14H20ClNO/c1-10-5-6-11(14(15)7-10)9-17-13-4-2-3-12(16)8-13/h5-7,12-13H,2-4,8-9,16H2,1H3. The number of nitrogens with two attached hydrogens (primary N) is 1. The van der Waals surface area contributed by atoms with Gasteiger partial charge in [0.05, 0.1) is 12.7 Å². The minimum absolute atomic E-state index is 0.302. The number of ether oxygens (including phenoxy) is 1. The minimum atomic E-state index is 0.302. The Balaban J connectivity index is 1.88. The van der Waals surface area contributed by atoms with E-state index in [9.17, 15) is 0 Å². The molecule has 0 saturated heterocycles. The van der Waals surface area contributed by atoms with Gasteiger partial charge in [0, 0.05) is 11.1 Å². The molecule has 0 radical (unpaired) electrons. The van der Waals surface area contributed by atoms with Crippen molar-refractivity contribution in [2.24, 2.45) is 5.73 Å². The van der Waals surface area contributed by atoms with Crippen molar-refractivity contribution in [3.05, 3.63) is 34.3 Å². The molecule has 94 valence electrons. The zero-order valence-corrected chi connectivity index (χ0v) is 11.0. The minimum Gasteiger partial charge on any atom is -0.373 e. The van der Waals surface area contributed by atoms with Crippen LogP contribution < -0.4 is 5.73 Å². The van der Waals surface area contributed by atoms with Gasteiger partial charge in [0.1, 0.15) is 0 Å². The number of aryl methyl sites for hydroxylation is 1. The lowest BCUT2D eigenvalue weighted by Gasteiger charge is -2.26. The van der Waals surface area contributed by atoms with E-state index in [1.54, 1.807) is 0 Å². The van der Waals surface area contributed by atoms with Crippen LogP contribution in [0.25, 0.3) is 0 Å². The Labute approximate surface area is 108 Å². The summed E-state index contributed by atoms with van der Waals surface area (Å²) >= 11 is 6.17. The quantitative estimate of drug-likeness (QED) is 0.896. The summed E-state index contributed by atoms with van der Waals surface area (Å²) in [5.41, 5.74) is 8.18. The second-order valence-corrected chi connectivity index (χ2v) is 5.36. The maximum absolute atomic E-state index is 6.17. The van der Waals surface area contributed by atoms with Gasteiger partial charge in [-0.25, -0.2) is 0 Å². The van der Waals surface area contributed by atoms with Gasteiger partial charge < -0.3 is 10.5 Å². The molecule has 0 aliphatic heterocycles. The lowest BCUT2D eigenvalue weighted by Crippen LogP contribution is -2.32. The van der Waals surface area contributed by atoms with E-state index in [-0.39, 0.29) is 0 Å². The summed E-state index contributed by atoms with van der Waals surface area (Å²) in [7, 11) is 0. The third-order valence-corrected chi connectivity index (χ3v) is 3.70. The summed E-state index contributed by atoms with van der Waals surface area (Å²) in [5.74, 6) is 0. The first-order chi connectivity index (χ1) is 8.15. The molecular weight excluding hydrogens is 234 g/mol. The number of halogens is 1. The summed E-state index contributed by atoms with van der Waals surface area (Å²) in [6.07, 6.45) is 4.70. The van der Waals surface area contributed by atoms with Crippen molar-refractivity contribution >= 4 is 11.6 Å². The molecule has 1 saturated carbocycles. The molecular formula is C14H20ClNO. The third kappa shape index (κ3) is 3.70. The van der Waals surface area contributed by atoms with Crippen molar-refractivity contribution in [3.63, 3.8) is 0 Å². The highest BCUT2D eigenvalue weighted by atomic mass is 35.5. The van der Waals surface area contributed by atoms with Crippen LogP contribution in [0.5, 0.6) is 0 Å². The molecule has 3 heteroatoms. The molecule has 2 atom stereocenters. The molecule has 0 amide bonds. The van der Waals surface area contributed by atoms with Crippen molar-refractivity contribution in [1.29, 1.82) is 0 Å². The first-order valence-corrected chi connectivity index (χ1v) is 6.65. The highest BCUT2D eigenvalue weighted by Gasteiger charge is 2.19. The predicted octanol–water partition coefficient (Wildman–Crippen LogP) is 3.43. The lowest BCUT2D eigenvalue weighted by atomic mass is 9.93. The molecule has 2 rings (SSSR count). The van der Waals surface area contributed by atoms with Gasteiger partial charge >= 0.3 is 0 Å². The first-order valence-electron chi connectivity index (χ1n) is 6.27. The Bertz CT molecular complexity index is 380. The lowest BCUT2D eigenvalue weighted by molar-refractivity contribution is 0.0123. The number of rotatable bonds is 3. The average molecular weight is 254 g/mol. The number of hydrogen-bond acceptors (Lipinski definition) is 2. The van der Waals surface area contributed by atoms with Crippen LogP contribution in [-0.4, -0.2) is 12.1 Å². The summed E-state index contributed by atoms with van der Waals surface area (Å²) in [6.45, 7) is 2.63. The molecule has 2 unspecified atom stereocenters. The van der Waals surface area contributed by atoms with Crippen molar-refractivity contribution in [2.45, 2.75) is 51.4 Å². The summed E-state index contributed by atoms with van der Waals surface area (Å²) in [5, 5.41) is 0.796.